The van der Waals surface area contributed by atoms with Crippen LogP contribution in [0.5, 0.6) is 0 Å². The van der Waals surface area contributed by atoms with Gasteiger partial charge in [-0.1, -0.05) is 6.82 Å². The van der Waals surface area contributed by atoms with Crippen molar-refractivity contribution in [2.24, 2.45) is 0 Å². The van der Waals surface area contributed by atoms with Crippen LogP contribution in [0.1, 0.15) is 0 Å². The van der Waals surface area contributed by atoms with E-state index in [1.165, 1.54) is 23.1 Å². The molecule has 0 saturated carbocycles. The fraction of sp³-hybridized carbons (Fsp3) is 0.111. The molecule has 0 amide bonds. The Balaban J connectivity index is 2.54. The van der Waals surface area contributed by atoms with Crippen LogP contribution in [0.4, 0.5) is 8.78 Å². The molecule has 76 valence electrons. The molecule has 0 bridgehead atoms. The number of rotatable bonds is 2. The second kappa shape index (κ2) is 3.80. The lowest BCUT2D eigenvalue weighted by Crippen LogP contribution is -2.25. The molecular formula is C9H8BF2N3. The quantitative estimate of drug-likeness (QED) is 0.677. The van der Waals surface area contributed by atoms with Crippen molar-refractivity contribution in [2.45, 2.75) is 6.82 Å². The molecular weight excluding hydrogens is 199 g/mol. The zero-order valence-corrected chi connectivity index (χ0v) is 8.11. The van der Waals surface area contributed by atoms with Crippen LogP contribution >= 0.6 is 0 Å². The first-order valence-electron chi connectivity index (χ1n) is 4.56. The van der Waals surface area contributed by atoms with Gasteiger partial charge in [-0.3, -0.25) is 0 Å². The molecule has 0 saturated heterocycles. The van der Waals surface area contributed by atoms with Gasteiger partial charge >= 0.3 is 0 Å². The smallest absolute Gasteiger partial charge is 0.204 e. The summed E-state index contributed by atoms with van der Waals surface area (Å²) in [6, 6.07) is 3.37. The number of aromatic nitrogens is 3. The van der Waals surface area contributed by atoms with Crippen molar-refractivity contribution < 1.29 is 8.78 Å². The third kappa shape index (κ3) is 1.75. The molecule has 6 heteroatoms. The minimum atomic E-state index is -0.643. The monoisotopic (exact) mass is 207 g/mol. The summed E-state index contributed by atoms with van der Waals surface area (Å²) < 4.78 is 27.5. The second-order valence-electron chi connectivity index (χ2n) is 3.04. The highest BCUT2D eigenvalue weighted by Gasteiger charge is 2.10. The van der Waals surface area contributed by atoms with Gasteiger partial charge in [0.05, 0.1) is 5.72 Å². The van der Waals surface area contributed by atoms with Gasteiger partial charge in [0.15, 0.2) is 5.82 Å². The van der Waals surface area contributed by atoms with E-state index in [1.807, 2.05) is 6.82 Å². The molecule has 0 radical (unpaired) electrons. The van der Waals surface area contributed by atoms with Crippen molar-refractivity contribution in [1.29, 1.82) is 0 Å². The first-order valence-corrected chi connectivity index (χ1v) is 4.56. The Labute approximate surface area is 86.0 Å². The fourth-order valence-corrected chi connectivity index (χ4v) is 1.36. The Morgan fingerprint density at radius 2 is 2.13 bits per heavy atom. The Morgan fingerprint density at radius 3 is 2.80 bits per heavy atom. The van der Waals surface area contributed by atoms with Gasteiger partial charge in [-0.2, -0.15) is 5.10 Å². The molecule has 0 unspecified atom stereocenters. The summed E-state index contributed by atoms with van der Waals surface area (Å²) in [5, 5.41) is 3.89. The van der Waals surface area contributed by atoms with Gasteiger partial charge in [0.1, 0.15) is 17.8 Å². The summed E-state index contributed by atoms with van der Waals surface area (Å²) in [4.78, 5) is 3.97. The van der Waals surface area contributed by atoms with Crippen molar-refractivity contribution in [3.05, 3.63) is 36.2 Å². The van der Waals surface area contributed by atoms with E-state index < -0.39 is 11.6 Å². The number of hydrogen-bond donors (Lipinski definition) is 0. The van der Waals surface area contributed by atoms with Crippen molar-refractivity contribution in [1.82, 2.24) is 14.8 Å². The number of nitrogens with zero attached hydrogens (tertiary/aromatic N) is 3. The first kappa shape index (κ1) is 9.83. The molecule has 15 heavy (non-hydrogen) atoms. The fourth-order valence-electron chi connectivity index (χ4n) is 1.36. The number of hydrogen-bond acceptors (Lipinski definition) is 2. The topological polar surface area (TPSA) is 30.7 Å². The Morgan fingerprint density at radius 1 is 1.33 bits per heavy atom. The maximum absolute atomic E-state index is 13.4. The normalized spacial score (nSPS) is 10.3. The molecule has 2 aromatic rings. The van der Waals surface area contributed by atoms with Gasteiger partial charge in [-0.05, 0) is 12.1 Å². The van der Waals surface area contributed by atoms with Crippen LogP contribution in [0.15, 0.2) is 24.5 Å². The highest BCUT2D eigenvalue weighted by molar-refractivity contribution is 6.49. The van der Waals surface area contributed by atoms with Crippen molar-refractivity contribution in [3.63, 3.8) is 0 Å². The average molecular weight is 207 g/mol. The molecule has 0 fully saturated rings. The molecule has 0 atom stereocenters. The predicted octanol–water partition coefficient (Wildman–Crippen LogP) is 0.655. The predicted molar refractivity (Wildman–Crippen MR) is 53.9 cm³/mol. The maximum atomic E-state index is 13.4. The zero-order valence-electron chi connectivity index (χ0n) is 8.11. The molecule has 1 heterocycles. The Hall–Kier alpha value is -1.72. The summed E-state index contributed by atoms with van der Waals surface area (Å²) in [6.07, 6.45) is 1.35. The molecule has 2 rings (SSSR count). The maximum Gasteiger partial charge on any atom is 0.204 e. The first-order chi connectivity index (χ1) is 7.22. The number of halogens is 2. The van der Waals surface area contributed by atoms with Gasteiger partial charge in [0, 0.05) is 6.07 Å². The highest BCUT2D eigenvalue weighted by atomic mass is 19.1. The van der Waals surface area contributed by atoms with Gasteiger partial charge in [0.25, 0.3) is 0 Å². The Kier molecular flexibility index (Phi) is 2.49. The minimum absolute atomic E-state index is 0.214. The van der Waals surface area contributed by atoms with Gasteiger partial charge < -0.3 is 0 Å². The van der Waals surface area contributed by atoms with Crippen LogP contribution in [-0.2, 0) is 0 Å². The van der Waals surface area contributed by atoms with Crippen LogP contribution < -0.4 is 5.72 Å². The lowest BCUT2D eigenvalue weighted by molar-refractivity contribution is 0.574. The molecule has 0 aliphatic rings. The summed E-state index contributed by atoms with van der Waals surface area (Å²) >= 11 is 0. The lowest BCUT2D eigenvalue weighted by atomic mass is 9.81. The van der Waals surface area contributed by atoms with Crippen LogP contribution in [0, 0.1) is 11.6 Å². The van der Waals surface area contributed by atoms with E-state index in [0.29, 0.717) is 13.0 Å². The van der Waals surface area contributed by atoms with Crippen LogP contribution in [0.2, 0.25) is 6.82 Å². The third-order valence-electron chi connectivity index (χ3n) is 2.07. The summed E-state index contributed by atoms with van der Waals surface area (Å²) in [5.74, 6) is -1.25. The summed E-state index contributed by atoms with van der Waals surface area (Å²) in [7, 11) is 0.636. The van der Waals surface area contributed by atoms with E-state index in [0.717, 1.165) is 6.07 Å². The van der Waals surface area contributed by atoms with Crippen LogP contribution in [0.3, 0.4) is 0 Å². The molecule has 3 nitrogen and oxygen atoms in total. The Bertz CT molecular complexity index is 484. The molecule has 0 N–H and O–H groups in total. The summed E-state index contributed by atoms with van der Waals surface area (Å²) in [5.41, 5.74) is 0.853. The standard InChI is InChI=1S/C9H8BF2N3/c1-10-9-13-5-14-15(9)8-3-2-6(11)4-7(8)12/h2-5,10H,1H3. The molecule has 1 aromatic carbocycles. The zero-order chi connectivity index (χ0) is 10.8. The van der Waals surface area contributed by atoms with E-state index in [1.54, 1.807) is 0 Å². The SMILES string of the molecule is CBc1ncnn1-c1ccc(F)cc1F. The van der Waals surface area contributed by atoms with Crippen molar-refractivity contribution >= 4 is 13.0 Å². The summed E-state index contributed by atoms with van der Waals surface area (Å²) in [6.45, 7) is 1.89. The third-order valence-corrected chi connectivity index (χ3v) is 2.07. The molecule has 0 aliphatic heterocycles. The van der Waals surface area contributed by atoms with E-state index in [9.17, 15) is 8.78 Å². The van der Waals surface area contributed by atoms with Crippen molar-refractivity contribution in [3.8, 4) is 5.69 Å². The number of benzene rings is 1. The van der Waals surface area contributed by atoms with Gasteiger partial charge in [-0.25, -0.2) is 18.4 Å². The molecule has 1 aromatic heterocycles. The van der Waals surface area contributed by atoms with Crippen LogP contribution in [-0.4, -0.2) is 22.0 Å². The van der Waals surface area contributed by atoms with E-state index in [4.69, 9.17) is 0 Å². The van der Waals surface area contributed by atoms with Gasteiger partial charge in [0.2, 0.25) is 7.28 Å². The minimum Gasteiger partial charge on any atom is -0.231 e. The largest absolute Gasteiger partial charge is 0.231 e. The van der Waals surface area contributed by atoms with E-state index in [2.05, 4.69) is 10.1 Å². The second-order valence-corrected chi connectivity index (χ2v) is 3.04. The van der Waals surface area contributed by atoms with Gasteiger partial charge in [-0.15, -0.1) is 0 Å². The molecule has 0 aliphatic carbocycles. The van der Waals surface area contributed by atoms with E-state index >= 15 is 0 Å². The van der Waals surface area contributed by atoms with Crippen molar-refractivity contribution in [2.75, 3.05) is 0 Å². The molecule has 0 spiro atoms. The van der Waals surface area contributed by atoms with E-state index in [-0.39, 0.29) is 5.69 Å². The van der Waals surface area contributed by atoms with Crippen LogP contribution in [0.25, 0.3) is 5.69 Å². The lowest BCUT2D eigenvalue weighted by Gasteiger charge is -2.05. The average Bonchev–Trinajstić information content (AvgIpc) is 2.65. The highest BCUT2D eigenvalue weighted by Crippen LogP contribution is 2.11.